The van der Waals surface area contributed by atoms with Crippen LogP contribution in [-0.4, -0.2) is 52.4 Å². The molecule has 0 radical (unpaired) electrons. The maximum absolute atomic E-state index is 11.6. The van der Waals surface area contributed by atoms with E-state index in [9.17, 15) is 14.4 Å². The lowest BCUT2D eigenvalue weighted by molar-refractivity contribution is -0.186. The van der Waals surface area contributed by atoms with E-state index in [1.165, 1.54) is 44.8 Å². The Hall–Kier alpha value is -1.71. The number of hydrogen-bond donors (Lipinski definition) is 0. The van der Waals surface area contributed by atoms with Gasteiger partial charge in [-0.2, -0.15) is 0 Å². The van der Waals surface area contributed by atoms with Crippen molar-refractivity contribution in [2.75, 3.05) is 5.75 Å². The molecule has 0 aromatic carbocycles. The highest BCUT2D eigenvalue weighted by Gasteiger charge is 2.47. The van der Waals surface area contributed by atoms with Crippen LogP contribution in [0.3, 0.4) is 0 Å². The summed E-state index contributed by atoms with van der Waals surface area (Å²) in [5.74, 6) is -1.23. The molecule has 1 aliphatic heterocycles. The highest BCUT2D eigenvalue weighted by Crippen LogP contribution is 2.35. The van der Waals surface area contributed by atoms with Crippen LogP contribution in [0, 0.1) is 0 Å². The Kier molecular flexibility index (Phi) is 7.58. The normalized spacial score (nSPS) is 24.6. The average molecular weight is 438 g/mol. The monoisotopic (exact) mass is 437 g/mol. The fraction of sp³-hybridized carbons (Fsp3) is 0.500. The third-order valence-corrected chi connectivity index (χ3v) is 5.23. The third kappa shape index (κ3) is 6.15. The predicted molar refractivity (Wildman–Crippen MR) is 97.8 cm³/mol. The molecule has 0 saturated carbocycles. The Morgan fingerprint density at radius 2 is 1.63 bits per heavy atom. The van der Waals surface area contributed by atoms with E-state index in [1.54, 1.807) is 0 Å². The Morgan fingerprint density at radius 3 is 2.19 bits per heavy atom. The maximum Gasteiger partial charge on any atom is 0.303 e. The zero-order valence-corrected chi connectivity index (χ0v) is 17.0. The second-order valence-electron chi connectivity index (χ2n) is 5.56. The summed E-state index contributed by atoms with van der Waals surface area (Å²) in [6.07, 6.45) is -1.49. The highest BCUT2D eigenvalue weighted by molar-refractivity contribution is 7.99. The van der Waals surface area contributed by atoms with Crippen LogP contribution in [0.25, 0.3) is 0 Å². The molecule has 0 unspecified atom stereocenters. The number of ether oxygens (including phenoxy) is 4. The van der Waals surface area contributed by atoms with Crippen LogP contribution >= 0.6 is 35.0 Å². The molecule has 11 heteroatoms. The van der Waals surface area contributed by atoms with Gasteiger partial charge in [0.2, 0.25) is 0 Å². The fourth-order valence-corrected chi connectivity index (χ4v) is 3.89. The van der Waals surface area contributed by atoms with Crippen LogP contribution in [0.4, 0.5) is 0 Å². The molecule has 4 atom stereocenters. The molecule has 0 spiro atoms. The Bertz CT molecular complexity index is 733. The molecule has 0 N–H and O–H groups in total. The zero-order chi connectivity index (χ0) is 20.1. The van der Waals surface area contributed by atoms with Gasteiger partial charge in [-0.05, 0) is 0 Å². The molecule has 1 aromatic heterocycles. The molecule has 0 aliphatic carbocycles. The second kappa shape index (κ2) is 9.48. The van der Waals surface area contributed by atoms with Crippen molar-refractivity contribution in [3.05, 3.63) is 22.4 Å². The first kappa shape index (κ1) is 21.6. The SMILES string of the molecule is CC(=O)O[C@@H]1[C@@H](OC(C)=O)[C@@H](Oc2cnc(Cl)c(Cl)c2)SC[C@H]1OC(C)=O. The van der Waals surface area contributed by atoms with Crippen LogP contribution in [0.1, 0.15) is 20.8 Å². The number of rotatable bonds is 5. The van der Waals surface area contributed by atoms with Gasteiger partial charge in [-0.15, -0.1) is 11.8 Å². The first-order valence-electron chi connectivity index (χ1n) is 7.78. The van der Waals surface area contributed by atoms with Crippen molar-refractivity contribution in [1.82, 2.24) is 4.98 Å². The lowest BCUT2D eigenvalue weighted by Gasteiger charge is -2.39. The Labute approximate surface area is 169 Å². The number of aromatic nitrogens is 1. The summed E-state index contributed by atoms with van der Waals surface area (Å²) in [5, 5.41) is 0.304. The van der Waals surface area contributed by atoms with Gasteiger partial charge in [0.15, 0.2) is 23.7 Å². The summed E-state index contributed by atoms with van der Waals surface area (Å²) in [6.45, 7) is 3.65. The maximum atomic E-state index is 11.6. The smallest absolute Gasteiger partial charge is 0.303 e. The minimum Gasteiger partial charge on any atom is -0.474 e. The number of carbonyl (C=O) groups excluding carboxylic acids is 3. The van der Waals surface area contributed by atoms with Gasteiger partial charge in [-0.1, -0.05) is 23.2 Å². The van der Waals surface area contributed by atoms with Gasteiger partial charge in [0.25, 0.3) is 0 Å². The molecule has 8 nitrogen and oxygen atoms in total. The van der Waals surface area contributed by atoms with Gasteiger partial charge in [-0.25, -0.2) is 4.98 Å². The molecule has 2 heterocycles. The van der Waals surface area contributed by atoms with E-state index < -0.39 is 41.7 Å². The van der Waals surface area contributed by atoms with Crippen LogP contribution in [0.15, 0.2) is 12.3 Å². The summed E-state index contributed by atoms with van der Waals surface area (Å²) >= 11 is 13.0. The summed E-state index contributed by atoms with van der Waals surface area (Å²) in [7, 11) is 0. The van der Waals surface area contributed by atoms with Crippen LogP contribution in [0.2, 0.25) is 10.2 Å². The number of thioether (sulfide) groups is 1. The summed E-state index contributed by atoms with van der Waals surface area (Å²) in [4.78, 5) is 38.4. The highest BCUT2D eigenvalue weighted by atomic mass is 35.5. The first-order chi connectivity index (χ1) is 12.7. The average Bonchev–Trinajstić information content (AvgIpc) is 2.55. The zero-order valence-electron chi connectivity index (χ0n) is 14.6. The standard InChI is InChI=1S/C16H17Cl2NO7S/c1-7(20)23-12-6-27-16(26-10-4-11(17)15(18)19-5-10)14(25-9(3)22)13(12)24-8(2)21/h4-5,12-14,16H,6H2,1-3H3/t12-,13+,14-,16+/m1/s1. The van der Waals surface area contributed by atoms with Crippen molar-refractivity contribution in [1.29, 1.82) is 0 Å². The summed E-state index contributed by atoms with van der Waals surface area (Å²) in [5.41, 5.74) is -0.760. The van der Waals surface area contributed by atoms with E-state index >= 15 is 0 Å². The van der Waals surface area contributed by atoms with Crippen molar-refractivity contribution in [2.24, 2.45) is 0 Å². The van der Waals surface area contributed by atoms with Crippen molar-refractivity contribution in [2.45, 2.75) is 44.5 Å². The molecule has 148 valence electrons. The summed E-state index contributed by atoms with van der Waals surface area (Å²) < 4.78 is 21.6. The van der Waals surface area contributed by atoms with Crippen molar-refractivity contribution < 1.29 is 33.3 Å². The minimum atomic E-state index is -1.03. The topological polar surface area (TPSA) is 101 Å². The summed E-state index contributed by atoms with van der Waals surface area (Å²) in [6, 6.07) is 1.46. The van der Waals surface area contributed by atoms with Crippen LogP contribution in [-0.2, 0) is 28.6 Å². The van der Waals surface area contributed by atoms with E-state index in [0.29, 0.717) is 0 Å². The molecule has 1 saturated heterocycles. The van der Waals surface area contributed by atoms with Crippen LogP contribution in [0.5, 0.6) is 5.75 Å². The van der Waals surface area contributed by atoms with Gasteiger partial charge in [0.05, 0.1) is 11.2 Å². The number of halogens is 2. The lowest BCUT2D eigenvalue weighted by atomic mass is 10.1. The van der Waals surface area contributed by atoms with E-state index in [0.717, 1.165) is 0 Å². The van der Waals surface area contributed by atoms with E-state index in [2.05, 4.69) is 4.98 Å². The second-order valence-corrected chi connectivity index (χ2v) is 7.46. The van der Waals surface area contributed by atoms with Crippen LogP contribution < -0.4 is 4.74 Å². The van der Waals surface area contributed by atoms with E-state index in [4.69, 9.17) is 42.1 Å². The molecular weight excluding hydrogens is 421 g/mol. The van der Waals surface area contributed by atoms with Gasteiger partial charge in [-0.3, -0.25) is 14.4 Å². The molecule has 1 aromatic rings. The van der Waals surface area contributed by atoms with Gasteiger partial charge in [0, 0.05) is 32.6 Å². The number of carbonyl (C=O) groups is 3. The van der Waals surface area contributed by atoms with E-state index in [1.807, 2.05) is 0 Å². The molecule has 0 bridgehead atoms. The van der Waals surface area contributed by atoms with Crippen molar-refractivity contribution >= 4 is 52.9 Å². The van der Waals surface area contributed by atoms with Gasteiger partial charge in [0.1, 0.15) is 10.9 Å². The number of pyridine rings is 1. The third-order valence-electron chi connectivity index (χ3n) is 3.33. The first-order valence-corrected chi connectivity index (χ1v) is 9.58. The van der Waals surface area contributed by atoms with Gasteiger partial charge >= 0.3 is 17.9 Å². The lowest BCUT2D eigenvalue weighted by Crippen LogP contribution is -2.55. The Balaban J connectivity index is 2.28. The number of esters is 3. The largest absolute Gasteiger partial charge is 0.474 e. The molecule has 1 aliphatic rings. The quantitative estimate of drug-likeness (QED) is 0.390. The number of hydrogen-bond acceptors (Lipinski definition) is 9. The molecule has 0 amide bonds. The minimum absolute atomic E-state index is 0.115. The van der Waals surface area contributed by atoms with Crippen molar-refractivity contribution in [3.63, 3.8) is 0 Å². The molecular formula is C16H17Cl2NO7S. The predicted octanol–water partition coefficient (Wildman–Crippen LogP) is 2.64. The molecule has 1 fully saturated rings. The number of nitrogens with zero attached hydrogens (tertiary/aromatic N) is 1. The molecule has 2 rings (SSSR count). The Morgan fingerprint density at radius 1 is 1.04 bits per heavy atom. The van der Waals surface area contributed by atoms with Gasteiger partial charge < -0.3 is 18.9 Å². The molecule has 27 heavy (non-hydrogen) atoms. The van der Waals surface area contributed by atoms with Crippen molar-refractivity contribution in [3.8, 4) is 5.75 Å². The van der Waals surface area contributed by atoms with E-state index in [-0.39, 0.29) is 21.7 Å². The fourth-order valence-electron chi connectivity index (χ4n) is 2.41.